The Hall–Kier alpha value is -3.90. The Labute approximate surface area is 220 Å². The molecule has 7 rings (SSSR count). The van der Waals surface area contributed by atoms with Crippen molar-refractivity contribution in [3.8, 4) is 0 Å². The largest absolute Gasteiger partial charge is 0.0623 e. The molecule has 0 aliphatic heterocycles. The Morgan fingerprint density at radius 1 is 0.541 bits per heavy atom. The molecule has 0 saturated carbocycles. The second-order valence-electron chi connectivity index (χ2n) is 10.6. The first-order chi connectivity index (χ1) is 18.3. The van der Waals surface area contributed by atoms with Gasteiger partial charge in [0.1, 0.15) is 0 Å². The van der Waals surface area contributed by atoms with Crippen molar-refractivity contribution in [3.05, 3.63) is 142 Å². The fourth-order valence-corrected chi connectivity index (χ4v) is 7.14. The van der Waals surface area contributed by atoms with E-state index in [1.165, 1.54) is 54.9 Å². The van der Waals surface area contributed by atoms with E-state index in [9.17, 15) is 0 Å². The third kappa shape index (κ3) is 3.43. The van der Waals surface area contributed by atoms with Crippen LogP contribution >= 0.6 is 0 Å². The number of rotatable bonds is 5. The molecule has 0 radical (unpaired) electrons. The van der Waals surface area contributed by atoms with Gasteiger partial charge in [-0.3, -0.25) is 0 Å². The average molecular weight is 477 g/mol. The predicted molar refractivity (Wildman–Crippen MR) is 159 cm³/mol. The summed E-state index contributed by atoms with van der Waals surface area (Å²) in [7, 11) is 0. The van der Waals surface area contributed by atoms with Gasteiger partial charge in [0.2, 0.25) is 0 Å². The average Bonchev–Trinajstić information content (AvgIpc) is 3.48. The molecule has 0 amide bonds. The smallest absolute Gasteiger partial charge is 0.00725 e. The van der Waals surface area contributed by atoms with Crippen molar-refractivity contribution in [3.63, 3.8) is 0 Å². The van der Waals surface area contributed by atoms with E-state index in [1.54, 1.807) is 11.1 Å². The van der Waals surface area contributed by atoms with Gasteiger partial charge in [-0.25, -0.2) is 0 Å². The maximum atomic E-state index is 2.50. The normalized spacial score (nSPS) is 18.4. The van der Waals surface area contributed by atoms with Gasteiger partial charge in [-0.1, -0.05) is 134 Å². The Kier molecular flexibility index (Phi) is 5.36. The molecule has 0 spiro atoms. The van der Waals surface area contributed by atoms with Crippen molar-refractivity contribution in [1.82, 2.24) is 0 Å². The third-order valence-electron chi connectivity index (χ3n) is 8.82. The number of hydrogen-bond acceptors (Lipinski definition) is 0. The maximum absolute atomic E-state index is 2.50. The Bertz CT molecular complexity index is 1720. The van der Waals surface area contributed by atoms with Gasteiger partial charge in [0, 0.05) is 11.8 Å². The lowest BCUT2D eigenvalue weighted by molar-refractivity contribution is 0.620. The van der Waals surface area contributed by atoms with E-state index in [1.807, 2.05) is 0 Å². The van der Waals surface area contributed by atoms with Crippen LogP contribution in [0.15, 0.2) is 114 Å². The van der Waals surface area contributed by atoms with Crippen LogP contribution in [0.25, 0.3) is 33.2 Å². The molecular formula is C37H32. The molecule has 180 valence electrons. The van der Waals surface area contributed by atoms with Crippen LogP contribution in [-0.4, -0.2) is 0 Å². The van der Waals surface area contributed by atoms with E-state index >= 15 is 0 Å². The van der Waals surface area contributed by atoms with Crippen LogP contribution in [0.3, 0.4) is 0 Å². The van der Waals surface area contributed by atoms with Crippen LogP contribution in [0.1, 0.15) is 72.8 Å². The molecule has 0 saturated heterocycles. The molecule has 0 aromatic heterocycles. The first-order valence-electron chi connectivity index (χ1n) is 13.8. The van der Waals surface area contributed by atoms with Crippen LogP contribution in [0.5, 0.6) is 0 Å². The number of fused-ring (bicyclic) bond motifs is 5. The van der Waals surface area contributed by atoms with Crippen molar-refractivity contribution in [2.45, 2.75) is 44.9 Å². The molecule has 2 unspecified atom stereocenters. The highest BCUT2D eigenvalue weighted by Crippen LogP contribution is 2.54. The molecule has 0 N–H and O–H groups in total. The minimum atomic E-state index is 0.438. The Balaban J connectivity index is 1.39. The van der Waals surface area contributed by atoms with Gasteiger partial charge >= 0.3 is 0 Å². The quantitative estimate of drug-likeness (QED) is 0.237. The molecular weight excluding hydrogens is 444 g/mol. The molecule has 2 aliphatic rings. The van der Waals surface area contributed by atoms with Gasteiger partial charge < -0.3 is 0 Å². The number of benzene rings is 5. The maximum Gasteiger partial charge on any atom is 0.00725 e. The molecule has 5 aromatic rings. The van der Waals surface area contributed by atoms with Gasteiger partial charge in [0.05, 0.1) is 0 Å². The number of allylic oxidation sites excluding steroid dienone is 2. The van der Waals surface area contributed by atoms with Crippen LogP contribution in [0, 0.1) is 0 Å². The first-order valence-corrected chi connectivity index (χ1v) is 13.8. The summed E-state index contributed by atoms with van der Waals surface area (Å²) in [6.07, 6.45) is 5.81. The SMILES string of the molecule is CCC1=Cc2c(ccc3ccccc23)C1CC1C(CC)=C(c2cccc3ccccc23)c2ccccc21. The van der Waals surface area contributed by atoms with E-state index in [0.29, 0.717) is 11.8 Å². The fraction of sp³-hybridized carbons (Fsp3) is 0.189. The monoisotopic (exact) mass is 476 g/mol. The van der Waals surface area contributed by atoms with Crippen LogP contribution in [0.4, 0.5) is 0 Å². The van der Waals surface area contributed by atoms with E-state index in [0.717, 1.165) is 19.3 Å². The molecule has 5 aromatic carbocycles. The molecule has 0 nitrogen and oxygen atoms in total. The topological polar surface area (TPSA) is 0 Å². The second kappa shape index (κ2) is 8.89. The summed E-state index contributed by atoms with van der Waals surface area (Å²) in [5, 5.41) is 5.40. The van der Waals surface area contributed by atoms with Gasteiger partial charge in [-0.2, -0.15) is 0 Å². The molecule has 0 heteroatoms. The van der Waals surface area contributed by atoms with Crippen molar-refractivity contribution in [1.29, 1.82) is 0 Å². The molecule has 2 atom stereocenters. The lowest BCUT2D eigenvalue weighted by Gasteiger charge is -2.24. The fourth-order valence-electron chi connectivity index (χ4n) is 7.14. The standard InChI is InChI=1S/C37H32/c1-3-24-22-35-29-16-8-6-13-26(29)20-21-31(35)34(24)23-36-27(4-2)37(33-18-10-9-17-30(33)36)32-19-11-14-25-12-5-7-15-28(25)32/h5-22,34,36H,3-4,23H2,1-2H3. The molecule has 0 fully saturated rings. The van der Waals surface area contributed by atoms with Gasteiger partial charge in [0.15, 0.2) is 0 Å². The van der Waals surface area contributed by atoms with Crippen molar-refractivity contribution in [2.75, 3.05) is 0 Å². The summed E-state index contributed by atoms with van der Waals surface area (Å²) in [4.78, 5) is 0. The highest BCUT2D eigenvalue weighted by Gasteiger charge is 2.35. The highest BCUT2D eigenvalue weighted by molar-refractivity contribution is 6.01. The van der Waals surface area contributed by atoms with E-state index in [2.05, 4.69) is 123 Å². The lowest BCUT2D eigenvalue weighted by atomic mass is 9.80. The molecule has 0 heterocycles. The zero-order valence-electron chi connectivity index (χ0n) is 21.7. The predicted octanol–water partition coefficient (Wildman–Crippen LogP) is 10.3. The van der Waals surface area contributed by atoms with Crippen LogP contribution in [0.2, 0.25) is 0 Å². The summed E-state index contributed by atoms with van der Waals surface area (Å²) in [6.45, 7) is 4.68. The summed E-state index contributed by atoms with van der Waals surface area (Å²) >= 11 is 0. The third-order valence-corrected chi connectivity index (χ3v) is 8.82. The first kappa shape index (κ1) is 22.3. The van der Waals surface area contributed by atoms with Crippen molar-refractivity contribution in [2.24, 2.45) is 0 Å². The van der Waals surface area contributed by atoms with E-state index in [4.69, 9.17) is 0 Å². The van der Waals surface area contributed by atoms with Gasteiger partial charge in [-0.05, 0) is 74.2 Å². The highest BCUT2D eigenvalue weighted by atomic mass is 14.4. The lowest BCUT2D eigenvalue weighted by Crippen LogP contribution is -2.08. The summed E-state index contributed by atoms with van der Waals surface area (Å²) < 4.78 is 0. The van der Waals surface area contributed by atoms with Crippen LogP contribution < -0.4 is 0 Å². The molecule has 37 heavy (non-hydrogen) atoms. The van der Waals surface area contributed by atoms with Crippen molar-refractivity contribution < 1.29 is 0 Å². The molecule has 0 bridgehead atoms. The minimum absolute atomic E-state index is 0.438. The zero-order chi connectivity index (χ0) is 24.9. The minimum Gasteiger partial charge on any atom is -0.0623 e. The number of hydrogen-bond donors (Lipinski definition) is 0. The van der Waals surface area contributed by atoms with Gasteiger partial charge in [-0.15, -0.1) is 0 Å². The zero-order valence-corrected chi connectivity index (χ0v) is 21.7. The second-order valence-corrected chi connectivity index (χ2v) is 10.6. The van der Waals surface area contributed by atoms with E-state index in [-0.39, 0.29) is 0 Å². The Morgan fingerprint density at radius 2 is 1.22 bits per heavy atom. The summed E-state index contributed by atoms with van der Waals surface area (Å²) in [6, 6.07) is 38.4. The Morgan fingerprint density at radius 3 is 2.03 bits per heavy atom. The van der Waals surface area contributed by atoms with E-state index < -0.39 is 0 Å². The molecule has 2 aliphatic carbocycles. The van der Waals surface area contributed by atoms with Gasteiger partial charge in [0.25, 0.3) is 0 Å². The summed E-state index contributed by atoms with van der Waals surface area (Å²) in [5.74, 6) is 0.906. The summed E-state index contributed by atoms with van der Waals surface area (Å²) in [5.41, 5.74) is 11.9. The van der Waals surface area contributed by atoms with Crippen LogP contribution in [-0.2, 0) is 0 Å². The van der Waals surface area contributed by atoms with Crippen molar-refractivity contribution >= 4 is 33.2 Å².